The number of aromatic nitrogens is 2. The molecule has 1 aromatic heterocycles. The van der Waals surface area contributed by atoms with Gasteiger partial charge < -0.3 is 5.32 Å². The topological polar surface area (TPSA) is 66.9 Å². The first-order valence-corrected chi connectivity index (χ1v) is 7.30. The second-order valence-corrected chi connectivity index (χ2v) is 4.65. The van der Waals surface area contributed by atoms with E-state index in [9.17, 15) is 9.59 Å². The van der Waals surface area contributed by atoms with Crippen molar-refractivity contribution >= 4 is 11.5 Å². The lowest BCUT2D eigenvalue weighted by Crippen LogP contribution is -2.34. The van der Waals surface area contributed by atoms with E-state index in [0.29, 0.717) is 5.82 Å². The zero-order valence-electron chi connectivity index (χ0n) is 13.6. The minimum absolute atomic E-state index is 0.193. The molecule has 0 aliphatic rings. The zero-order valence-corrected chi connectivity index (χ0v) is 13.6. The Morgan fingerprint density at radius 2 is 1.86 bits per heavy atom. The third kappa shape index (κ3) is 4.22. The van der Waals surface area contributed by atoms with Crippen LogP contribution in [-0.4, -0.2) is 9.55 Å². The molecule has 1 aromatic carbocycles. The molecule has 0 unspecified atom stereocenters. The zero-order chi connectivity index (χ0) is 16.7. The Balaban J connectivity index is 0.00000116. The van der Waals surface area contributed by atoms with Crippen LogP contribution in [0.1, 0.15) is 25.0 Å². The molecule has 22 heavy (non-hydrogen) atoms. The van der Waals surface area contributed by atoms with Crippen molar-refractivity contribution in [3.63, 3.8) is 0 Å². The van der Waals surface area contributed by atoms with Crippen molar-refractivity contribution in [3.05, 3.63) is 68.9 Å². The highest BCUT2D eigenvalue weighted by molar-refractivity contribution is 5.57. The van der Waals surface area contributed by atoms with E-state index in [0.717, 1.165) is 15.8 Å². The van der Waals surface area contributed by atoms with E-state index in [2.05, 4.69) is 16.9 Å². The molecular weight excluding hydrogens is 278 g/mol. The molecule has 0 fully saturated rings. The number of nitrogens with zero attached hydrogens (tertiary/aromatic N) is 1. The lowest BCUT2D eigenvalue weighted by Gasteiger charge is -2.09. The SMILES string of the molecule is C=CCn1c(=O)cc(Nc2ccc(C)c(C)c2)[nH]c1=O.CC. The van der Waals surface area contributed by atoms with Gasteiger partial charge in [-0.2, -0.15) is 0 Å². The van der Waals surface area contributed by atoms with Gasteiger partial charge in [0.05, 0.1) is 0 Å². The Morgan fingerprint density at radius 1 is 1.18 bits per heavy atom. The van der Waals surface area contributed by atoms with Gasteiger partial charge in [-0.25, -0.2) is 4.79 Å². The van der Waals surface area contributed by atoms with Crippen molar-refractivity contribution in [1.82, 2.24) is 9.55 Å². The van der Waals surface area contributed by atoms with Crippen molar-refractivity contribution in [2.24, 2.45) is 0 Å². The normalized spacial score (nSPS) is 9.64. The van der Waals surface area contributed by atoms with Crippen LogP contribution >= 0.6 is 0 Å². The molecule has 0 saturated heterocycles. The number of nitrogens with one attached hydrogen (secondary N) is 2. The summed E-state index contributed by atoms with van der Waals surface area (Å²) < 4.78 is 1.08. The molecule has 5 heteroatoms. The summed E-state index contributed by atoms with van der Waals surface area (Å²) in [4.78, 5) is 26.2. The van der Waals surface area contributed by atoms with Gasteiger partial charge in [-0.05, 0) is 37.1 Å². The average Bonchev–Trinajstić information content (AvgIpc) is 2.49. The Bertz CT molecular complexity index is 726. The fraction of sp³-hybridized carbons (Fsp3) is 0.294. The third-order valence-electron chi connectivity index (χ3n) is 3.12. The van der Waals surface area contributed by atoms with Crippen molar-refractivity contribution in [2.75, 3.05) is 5.32 Å². The second-order valence-electron chi connectivity index (χ2n) is 4.65. The number of hydrogen-bond donors (Lipinski definition) is 2. The quantitative estimate of drug-likeness (QED) is 0.853. The molecular formula is C17H23N3O2. The highest BCUT2D eigenvalue weighted by atomic mass is 16.2. The van der Waals surface area contributed by atoms with Crippen molar-refractivity contribution in [1.29, 1.82) is 0 Å². The minimum Gasteiger partial charge on any atom is -0.342 e. The molecule has 5 nitrogen and oxygen atoms in total. The Hall–Kier alpha value is -2.56. The van der Waals surface area contributed by atoms with E-state index in [4.69, 9.17) is 0 Å². The van der Waals surface area contributed by atoms with Gasteiger partial charge in [-0.3, -0.25) is 14.3 Å². The molecule has 118 valence electrons. The maximum absolute atomic E-state index is 11.8. The van der Waals surface area contributed by atoms with Gasteiger partial charge in [0, 0.05) is 18.3 Å². The number of rotatable bonds is 4. The second kappa shape index (κ2) is 8.02. The summed E-state index contributed by atoms with van der Waals surface area (Å²) in [6.07, 6.45) is 1.51. The summed E-state index contributed by atoms with van der Waals surface area (Å²) in [5.74, 6) is 0.378. The number of allylic oxidation sites excluding steroid dienone is 1. The van der Waals surface area contributed by atoms with E-state index in [1.165, 1.54) is 17.7 Å². The highest BCUT2D eigenvalue weighted by Crippen LogP contribution is 2.16. The first kappa shape index (κ1) is 17.5. The van der Waals surface area contributed by atoms with Crippen molar-refractivity contribution < 1.29 is 0 Å². The van der Waals surface area contributed by atoms with Crippen LogP contribution in [0.2, 0.25) is 0 Å². The molecule has 0 amide bonds. The lowest BCUT2D eigenvalue weighted by atomic mass is 10.1. The van der Waals surface area contributed by atoms with E-state index >= 15 is 0 Å². The molecule has 2 aromatic rings. The maximum Gasteiger partial charge on any atom is 0.330 e. The van der Waals surface area contributed by atoms with Gasteiger partial charge in [0.2, 0.25) is 0 Å². The molecule has 0 saturated carbocycles. The predicted octanol–water partition coefficient (Wildman–Crippen LogP) is 3.11. The highest BCUT2D eigenvalue weighted by Gasteiger charge is 2.04. The monoisotopic (exact) mass is 301 g/mol. The first-order chi connectivity index (χ1) is 10.5. The summed E-state index contributed by atoms with van der Waals surface area (Å²) in [5.41, 5.74) is 2.33. The maximum atomic E-state index is 11.8. The van der Waals surface area contributed by atoms with Crippen LogP contribution in [-0.2, 0) is 6.54 Å². The predicted molar refractivity (Wildman–Crippen MR) is 92.1 cm³/mol. The van der Waals surface area contributed by atoms with Crippen LogP contribution in [0.4, 0.5) is 11.5 Å². The molecule has 0 spiro atoms. The van der Waals surface area contributed by atoms with Crippen LogP contribution in [0.5, 0.6) is 0 Å². The smallest absolute Gasteiger partial charge is 0.330 e. The van der Waals surface area contributed by atoms with Crippen LogP contribution in [0.3, 0.4) is 0 Å². The largest absolute Gasteiger partial charge is 0.342 e. The number of benzene rings is 1. The van der Waals surface area contributed by atoms with Crippen LogP contribution in [0.25, 0.3) is 0 Å². The summed E-state index contributed by atoms with van der Waals surface area (Å²) in [6.45, 7) is 11.7. The number of anilines is 2. The van der Waals surface area contributed by atoms with Crippen LogP contribution in [0.15, 0.2) is 46.5 Å². The Kier molecular flexibility index (Phi) is 6.38. The number of aromatic amines is 1. The van der Waals surface area contributed by atoms with Crippen LogP contribution < -0.4 is 16.6 Å². The third-order valence-corrected chi connectivity index (χ3v) is 3.12. The molecule has 0 bridgehead atoms. The van der Waals surface area contributed by atoms with E-state index in [1.807, 2.05) is 45.9 Å². The molecule has 2 N–H and O–H groups in total. The molecule has 0 atom stereocenters. The number of H-pyrrole nitrogens is 1. The fourth-order valence-corrected chi connectivity index (χ4v) is 1.86. The standard InChI is InChI=1S/C15H17N3O2.C2H6/c1-4-7-18-14(19)9-13(17-15(18)20)16-12-6-5-10(2)11(3)8-12;1-2/h4-6,8-9,16H,1,7H2,2-3H3,(H,17,20);1-2H3. The molecule has 2 rings (SSSR count). The van der Waals surface area contributed by atoms with Gasteiger partial charge in [0.15, 0.2) is 0 Å². The lowest BCUT2D eigenvalue weighted by molar-refractivity contribution is 0.717. The number of aryl methyl sites for hydroxylation is 2. The minimum atomic E-state index is -0.455. The molecule has 0 radical (unpaired) electrons. The summed E-state index contributed by atoms with van der Waals surface area (Å²) in [6, 6.07) is 7.20. The average molecular weight is 301 g/mol. The van der Waals surface area contributed by atoms with Crippen molar-refractivity contribution in [2.45, 2.75) is 34.2 Å². The van der Waals surface area contributed by atoms with E-state index in [1.54, 1.807) is 0 Å². The van der Waals surface area contributed by atoms with Gasteiger partial charge in [-0.1, -0.05) is 26.0 Å². The van der Waals surface area contributed by atoms with Crippen LogP contribution in [0, 0.1) is 13.8 Å². The summed E-state index contributed by atoms with van der Waals surface area (Å²) in [7, 11) is 0. The van der Waals surface area contributed by atoms with E-state index < -0.39 is 5.69 Å². The molecule has 0 aliphatic heterocycles. The fourth-order valence-electron chi connectivity index (χ4n) is 1.86. The summed E-state index contributed by atoms with van der Waals surface area (Å²) >= 11 is 0. The molecule has 1 heterocycles. The first-order valence-electron chi connectivity index (χ1n) is 7.30. The van der Waals surface area contributed by atoms with Gasteiger partial charge >= 0.3 is 5.69 Å². The molecule has 0 aliphatic carbocycles. The van der Waals surface area contributed by atoms with Gasteiger partial charge in [0.25, 0.3) is 5.56 Å². The Labute approximate surface area is 130 Å². The number of hydrogen-bond acceptors (Lipinski definition) is 3. The Morgan fingerprint density at radius 3 is 2.41 bits per heavy atom. The van der Waals surface area contributed by atoms with Crippen molar-refractivity contribution in [3.8, 4) is 0 Å². The van der Waals surface area contributed by atoms with Gasteiger partial charge in [0.1, 0.15) is 5.82 Å². The summed E-state index contributed by atoms with van der Waals surface area (Å²) in [5, 5.41) is 3.03. The van der Waals surface area contributed by atoms with E-state index in [-0.39, 0.29) is 12.1 Å². The van der Waals surface area contributed by atoms with Gasteiger partial charge in [-0.15, -0.1) is 6.58 Å².